The van der Waals surface area contributed by atoms with Crippen molar-refractivity contribution in [1.29, 1.82) is 0 Å². The van der Waals surface area contributed by atoms with Crippen LogP contribution in [-0.4, -0.2) is 13.9 Å². The van der Waals surface area contributed by atoms with Crippen molar-refractivity contribution in [3.63, 3.8) is 0 Å². The molecule has 1 aliphatic carbocycles. The van der Waals surface area contributed by atoms with Crippen molar-refractivity contribution in [2.24, 2.45) is 0 Å². The second-order valence-corrected chi connectivity index (χ2v) is 9.59. The van der Waals surface area contributed by atoms with E-state index in [2.05, 4.69) is 33.3 Å². The van der Waals surface area contributed by atoms with E-state index in [4.69, 9.17) is 4.98 Å². The monoisotopic (exact) mass is 384 g/mol. The van der Waals surface area contributed by atoms with E-state index in [1.807, 2.05) is 26.8 Å². The van der Waals surface area contributed by atoms with Gasteiger partial charge in [-0.05, 0) is 64.5 Å². The number of aromatic nitrogens is 1. The smallest absolute Gasteiger partial charge is 0.0976 e. The Hall–Kier alpha value is -0.520. The van der Waals surface area contributed by atoms with Gasteiger partial charge in [-0.15, -0.1) is 6.58 Å². The van der Waals surface area contributed by atoms with Crippen LogP contribution in [0.1, 0.15) is 63.0 Å². The van der Waals surface area contributed by atoms with Crippen molar-refractivity contribution < 1.29 is 4.21 Å². The highest BCUT2D eigenvalue weighted by molar-refractivity contribution is 9.10. The molecule has 122 valence electrons. The van der Waals surface area contributed by atoms with E-state index in [0.717, 1.165) is 23.0 Å². The summed E-state index contributed by atoms with van der Waals surface area (Å²) in [5, 5.41) is 0. The number of aryl methyl sites for hydroxylation is 1. The molecule has 0 aromatic carbocycles. The van der Waals surface area contributed by atoms with Crippen LogP contribution < -0.4 is 4.72 Å². The maximum absolute atomic E-state index is 12.4. The zero-order valence-corrected chi connectivity index (χ0v) is 16.0. The lowest BCUT2D eigenvalue weighted by Gasteiger charge is -2.25. The normalized spacial score (nSPS) is 17.6. The molecule has 22 heavy (non-hydrogen) atoms. The molecule has 0 spiro atoms. The molecule has 2 rings (SSSR count). The van der Waals surface area contributed by atoms with Gasteiger partial charge in [0.25, 0.3) is 0 Å². The van der Waals surface area contributed by atoms with Crippen LogP contribution in [0.25, 0.3) is 0 Å². The zero-order valence-electron chi connectivity index (χ0n) is 13.6. The van der Waals surface area contributed by atoms with Gasteiger partial charge < -0.3 is 0 Å². The first kappa shape index (κ1) is 17.8. The summed E-state index contributed by atoms with van der Waals surface area (Å²) in [6.45, 7) is 9.74. The van der Waals surface area contributed by atoms with Gasteiger partial charge in [-0.2, -0.15) is 0 Å². The first-order chi connectivity index (χ1) is 10.3. The molecule has 0 fully saturated rings. The molecule has 0 bridgehead atoms. The highest BCUT2D eigenvalue weighted by atomic mass is 79.9. The largest absolute Gasteiger partial charge is 0.256 e. The van der Waals surface area contributed by atoms with Gasteiger partial charge >= 0.3 is 0 Å². The molecule has 1 heterocycles. The van der Waals surface area contributed by atoms with Gasteiger partial charge in [0.15, 0.2) is 0 Å². The Kier molecular flexibility index (Phi) is 5.97. The minimum atomic E-state index is -1.13. The summed E-state index contributed by atoms with van der Waals surface area (Å²) in [4.78, 5) is 4.85. The molecule has 1 N–H and O–H groups in total. The van der Waals surface area contributed by atoms with Crippen LogP contribution in [0.2, 0.25) is 0 Å². The lowest BCUT2D eigenvalue weighted by Crippen LogP contribution is -2.36. The number of hydrogen-bond donors (Lipinski definition) is 1. The van der Waals surface area contributed by atoms with E-state index in [9.17, 15) is 4.21 Å². The highest BCUT2D eigenvalue weighted by Gasteiger charge is 2.25. The third kappa shape index (κ3) is 4.27. The van der Waals surface area contributed by atoms with Gasteiger partial charge in [0.2, 0.25) is 0 Å². The molecule has 0 saturated carbocycles. The molecule has 1 unspecified atom stereocenters. The number of halogens is 1. The molecule has 3 nitrogen and oxygen atoms in total. The predicted molar refractivity (Wildman–Crippen MR) is 97.2 cm³/mol. The summed E-state index contributed by atoms with van der Waals surface area (Å²) in [6.07, 6.45) is 7.12. The molecular formula is C17H25BrN2OS. The maximum Gasteiger partial charge on any atom is 0.0976 e. The highest BCUT2D eigenvalue weighted by Crippen LogP contribution is 2.30. The molecule has 0 radical (unpaired) electrons. The molecule has 1 aromatic rings. The molecule has 0 amide bonds. The Morgan fingerprint density at radius 3 is 2.77 bits per heavy atom. The van der Waals surface area contributed by atoms with Crippen LogP contribution in [0.4, 0.5) is 0 Å². The van der Waals surface area contributed by atoms with Crippen LogP contribution in [0.3, 0.4) is 0 Å². The molecule has 1 aliphatic rings. The zero-order chi connectivity index (χ0) is 16.3. The molecule has 2 atom stereocenters. The minimum absolute atomic E-state index is 0.0684. The Labute approximate surface area is 144 Å². The number of pyridine rings is 1. The van der Waals surface area contributed by atoms with E-state index < -0.39 is 11.0 Å². The van der Waals surface area contributed by atoms with Crippen molar-refractivity contribution in [3.05, 3.63) is 40.1 Å². The number of rotatable bonds is 5. The number of fused-ring (bicyclic) bond motifs is 1. The average Bonchev–Trinajstić information content (AvgIpc) is 2.45. The average molecular weight is 385 g/mol. The van der Waals surface area contributed by atoms with E-state index in [0.29, 0.717) is 6.42 Å². The summed E-state index contributed by atoms with van der Waals surface area (Å²) < 4.78 is 16.5. The van der Waals surface area contributed by atoms with Crippen LogP contribution in [-0.2, 0) is 23.8 Å². The van der Waals surface area contributed by atoms with Crippen molar-refractivity contribution >= 4 is 26.9 Å². The quantitative estimate of drug-likeness (QED) is 0.764. The summed E-state index contributed by atoms with van der Waals surface area (Å²) in [5.74, 6) is 0. The summed E-state index contributed by atoms with van der Waals surface area (Å²) in [5.41, 5.74) is 3.47. The second-order valence-electron chi connectivity index (χ2n) is 6.74. The molecule has 5 heteroatoms. The van der Waals surface area contributed by atoms with Crippen molar-refractivity contribution in [1.82, 2.24) is 9.71 Å². The van der Waals surface area contributed by atoms with E-state index >= 15 is 0 Å². The van der Waals surface area contributed by atoms with Crippen LogP contribution in [0.15, 0.2) is 23.2 Å². The molecular weight excluding hydrogens is 360 g/mol. The molecule has 0 aliphatic heterocycles. The topological polar surface area (TPSA) is 42.0 Å². The van der Waals surface area contributed by atoms with Gasteiger partial charge in [0, 0.05) is 10.2 Å². The van der Waals surface area contributed by atoms with Crippen molar-refractivity contribution in [3.8, 4) is 0 Å². The van der Waals surface area contributed by atoms with Crippen molar-refractivity contribution in [2.45, 2.75) is 63.7 Å². The van der Waals surface area contributed by atoms with Crippen LogP contribution in [0, 0.1) is 0 Å². The first-order valence-corrected chi connectivity index (χ1v) is 9.74. The Morgan fingerprint density at radius 2 is 2.14 bits per heavy atom. The molecule has 0 saturated heterocycles. The Bertz CT molecular complexity index is 581. The fraction of sp³-hybridized carbons (Fsp3) is 0.588. The number of nitrogens with zero attached hydrogens (tertiary/aromatic N) is 1. The minimum Gasteiger partial charge on any atom is -0.256 e. The fourth-order valence-electron chi connectivity index (χ4n) is 2.56. The van der Waals surface area contributed by atoms with Gasteiger partial charge in [-0.25, -0.2) is 8.93 Å². The summed E-state index contributed by atoms with van der Waals surface area (Å²) >= 11 is 3.69. The van der Waals surface area contributed by atoms with Crippen LogP contribution >= 0.6 is 15.9 Å². The lowest BCUT2D eigenvalue weighted by molar-refractivity contribution is 0.586. The van der Waals surface area contributed by atoms with Crippen LogP contribution in [0.5, 0.6) is 0 Å². The number of hydrogen-bond acceptors (Lipinski definition) is 2. The lowest BCUT2D eigenvalue weighted by atomic mass is 9.95. The standard InChI is InChI=1S/C17H25BrN2OS/c1-5-8-15(20-22(21)17(2,3)4)16-11-13(18)12-9-6-7-10-14(12)19-16/h5,11,15,20H,1,6-10H2,2-4H3/t15-,22?/m0/s1. The third-order valence-corrected chi connectivity index (χ3v) is 6.15. The van der Waals surface area contributed by atoms with Gasteiger partial charge in [0.05, 0.1) is 27.5 Å². The fourth-order valence-corrected chi connectivity index (χ4v) is 4.05. The third-order valence-electron chi connectivity index (χ3n) is 3.83. The Morgan fingerprint density at radius 1 is 1.45 bits per heavy atom. The first-order valence-electron chi connectivity index (χ1n) is 7.80. The Balaban J connectivity index is 2.30. The van der Waals surface area contributed by atoms with Crippen molar-refractivity contribution in [2.75, 3.05) is 0 Å². The second kappa shape index (κ2) is 7.37. The predicted octanol–water partition coefficient (Wildman–Crippen LogP) is 4.39. The van der Waals surface area contributed by atoms with E-state index in [1.54, 1.807) is 0 Å². The van der Waals surface area contributed by atoms with E-state index in [1.165, 1.54) is 24.1 Å². The molecule has 1 aromatic heterocycles. The van der Waals surface area contributed by atoms with E-state index in [-0.39, 0.29) is 10.8 Å². The number of nitrogens with one attached hydrogen (secondary N) is 1. The van der Waals surface area contributed by atoms with Gasteiger partial charge in [-0.3, -0.25) is 4.98 Å². The van der Waals surface area contributed by atoms with Gasteiger partial charge in [-0.1, -0.05) is 22.0 Å². The van der Waals surface area contributed by atoms with Gasteiger partial charge in [0.1, 0.15) is 0 Å². The SMILES string of the molecule is C=CC[C@H](NS(=O)C(C)(C)C)c1cc(Br)c2c(n1)CCCC2. The summed E-state index contributed by atoms with van der Waals surface area (Å²) in [6, 6.07) is 2.01. The maximum atomic E-state index is 12.4. The summed E-state index contributed by atoms with van der Waals surface area (Å²) in [7, 11) is -1.13.